The van der Waals surface area contributed by atoms with Gasteiger partial charge in [0.15, 0.2) is 0 Å². The van der Waals surface area contributed by atoms with Gasteiger partial charge in [0.05, 0.1) is 0 Å². The first-order chi connectivity index (χ1) is 6.86. The molecule has 2 atom stereocenters. The predicted octanol–water partition coefficient (Wildman–Crippen LogP) is 1.86. The highest BCUT2D eigenvalue weighted by Gasteiger charge is 2.26. The van der Waals surface area contributed by atoms with Gasteiger partial charge in [-0.25, -0.2) is 0 Å². The third-order valence-electron chi connectivity index (χ3n) is 3.78. The van der Waals surface area contributed by atoms with Crippen molar-refractivity contribution < 1.29 is 0 Å². The molecule has 1 N–H and O–H groups in total. The van der Waals surface area contributed by atoms with Crippen molar-refractivity contribution in [1.29, 1.82) is 0 Å². The highest BCUT2D eigenvalue weighted by Crippen LogP contribution is 2.29. The van der Waals surface area contributed by atoms with Crippen molar-refractivity contribution in [1.82, 2.24) is 10.2 Å². The summed E-state index contributed by atoms with van der Waals surface area (Å²) in [5, 5.41) is 3.48. The summed E-state index contributed by atoms with van der Waals surface area (Å²) >= 11 is 0. The molecular formula is C12H24N2. The van der Waals surface area contributed by atoms with E-state index < -0.39 is 0 Å². The molecule has 0 aromatic heterocycles. The van der Waals surface area contributed by atoms with Crippen LogP contribution in [-0.2, 0) is 0 Å². The van der Waals surface area contributed by atoms with E-state index in [0.29, 0.717) is 0 Å². The Kier molecular flexibility index (Phi) is 3.82. The molecule has 1 saturated carbocycles. The summed E-state index contributed by atoms with van der Waals surface area (Å²) in [6.07, 6.45) is 7.04. The van der Waals surface area contributed by atoms with Crippen LogP contribution in [-0.4, -0.2) is 37.1 Å². The molecule has 2 heteroatoms. The molecule has 2 nitrogen and oxygen atoms in total. The molecule has 1 saturated heterocycles. The fraction of sp³-hybridized carbons (Fsp3) is 1.00. The van der Waals surface area contributed by atoms with Gasteiger partial charge in [-0.05, 0) is 64.2 Å². The van der Waals surface area contributed by atoms with Crippen LogP contribution in [0.2, 0.25) is 0 Å². The molecule has 1 heterocycles. The van der Waals surface area contributed by atoms with Crippen molar-refractivity contribution in [3.8, 4) is 0 Å². The highest BCUT2D eigenvalue weighted by molar-refractivity contribution is 4.81. The van der Waals surface area contributed by atoms with E-state index in [1.165, 1.54) is 58.3 Å². The second-order valence-corrected chi connectivity index (χ2v) is 5.07. The third kappa shape index (κ3) is 2.71. The molecule has 2 unspecified atom stereocenters. The van der Waals surface area contributed by atoms with E-state index in [9.17, 15) is 0 Å². The average molecular weight is 196 g/mol. The topological polar surface area (TPSA) is 15.3 Å². The lowest BCUT2D eigenvalue weighted by molar-refractivity contribution is 0.182. The van der Waals surface area contributed by atoms with Gasteiger partial charge < -0.3 is 10.2 Å². The lowest BCUT2D eigenvalue weighted by atomic mass is 10.1. The van der Waals surface area contributed by atoms with Crippen LogP contribution in [0, 0.1) is 5.92 Å². The molecule has 1 aliphatic carbocycles. The van der Waals surface area contributed by atoms with Crippen LogP contribution >= 0.6 is 0 Å². The fourth-order valence-electron chi connectivity index (χ4n) is 2.92. The second kappa shape index (κ2) is 5.13. The van der Waals surface area contributed by atoms with Crippen molar-refractivity contribution in [3.05, 3.63) is 0 Å². The first-order valence-corrected chi connectivity index (χ1v) is 6.31. The molecule has 2 fully saturated rings. The summed E-state index contributed by atoms with van der Waals surface area (Å²) in [5.74, 6) is 0.976. The van der Waals surface area contributed by atoms with Gasteiger partial charge in [0.25, 0.3) is 0 Å². The van der Waals surface area contributed by atoms with Gasteiger partial charge in [-0.15, -0.1) is 0 Å². The van der Waals surface area contributed by atoms with Gasteiger partial charge in [0.1, 0.15) is 0 Å². The number of nitrogens with one attached hydrogen (secondary N) is 1. The summed E-state index contributed by atoms with van der Waals surface area (Å²) in [7, 11) is 0. The number of hydrogen-bond donors (Lipinski definition) is 1. The van der Waals surface area contributed by atoms with E-state index >= 15 is 0 Å². The van der Waals surface area contributed by atoms with Crippen molar-refractivity contribution >= 4 is 0 Å². The Labute approximate surface area is 88.1 Å². The Morgan fingerprint density at radius 1 is 1.07 bits per heavy atom. The SMILES string of the molecule is CC1CCC(N2CCCNCCC2)C1. The van der Waals surface area contributed by atoms with Gasteiger partial charge in [0.2, 0.25) is 0 Å². The standard InChI is InChI=1S/C12H24N2/c1-11-4-5-12(10-11)14-8-2-6-13-7-3-9-14/h11-13H,2-10H2,1H3. The molecule has 0 spiro atoms. The first kappa shape index (κ1) is 10.4. The monoisotopic (exact) mass is 196 g/mol. The number of hydrogen-bond acceptors (Lipinski definition) is 2. The number of nitrogens with zero attached hydrogens (tertiary/aromatic N) is 1. The van der Waals surface area contributed by atoms with Gasteiger partial charge in [-0.1, -0.05) is 6.92 Å². The minimum Gasteiger partial charge on any atom is -0.317 e. The molecule has 0 bridgehead atoms. The van der Waals surface area contributed by atoms with Crippen molar-refractivity contribution in [3.63, 3.8) is 0 Å². The molecule has 0 aromatic carbocycles. The Morgan fingerprint density at radius 3 is 2.36 bits per heavy atom. The summed E-state index contributed by atoms with van der Waals surface area (Å²) in [4.78, 5) is 2.75. The van der Waals surface area contributed by atoms with Crippen molar-refractivity contribution in [2.24, 2.45) is 5.92 Å². The Bertz CT molecular complexity index is 162. The normalized spacial score (nSPS) is 36.6. The minimum atomic E-state index is 0.920. The predicted molar refractivity (Wildman–Crippen MR) is 60.5 cm³/mol. The van der Waals surface area contributed by atoms with E-state index in [1.807, 2.05) is 0 Å². The van der Waals surface area contributed by atoms with Crippen molar-refractivity contribution in [2.75, 3.05) is 26.2 Å². The van der Waals surface area contributed by atoms with Gasteiger partial charge in [-0.2, -0.15) is 0 Å². The fourth-order valence-corrected chi connectivity index (χ4v) is 2.92. The van der Waals surface area contributed by atoms with Crippen LogP contribution in [0.1, 0.15) is 39.0 Å². The molecule has 14 heavy (non-hydrogen) atoms. The van der Waals surface area contributed by atoms with Crippen LogP contribution in [0.15, 0.2) is 0 Å². The summed E-state index contributed by atoms with van der Waals surface area (Å²) < 4.78 is 0. The molecular weight excluding hydrogens is 172 g/mol. The highest BCUT2D eigenvalue weighted by atomic mass is 15.2. The van der Waals surface area contributed by atoms with E-state index in [0.717, 1.165) is 12.0 Å². The van der Waals surface area contributed by atoms with Crippen LogP contribution in [0.3, 0.4) is 0 Å². The number of rotatable bonds is 1. The zero-order chi connectivity index (χ0) is 9.80. The van der Waals surface area contributed by atoms with E-state index in [-0.39, 0.29) is 0 Å². The average Bonchev–Trinajstić information content (AvgIpc) is 2.51. The van der Waals surface area contributed by atoms with Gasteiger partial charge in [-0.3, -0.25) is 0 Å². The first-order valence-electron chi connectivity index (χ1n) is 6.31. The quantitative estimate of drug-likeness (QED) is 0.688. The Hall–Kier alpha value is -0.0800. The smallest absolute Gasteiger partial charge is 0.00979 e. The Balaban J connectivity index is 1.81. The summed E-state index contributed by atoms with van der Waals surface area (Å²) in [5.41, 5.74) is 0. The van der Waals surface area contributed by atoms with E-state index in [1.54, 1.807) is 0 Å². The maximum absolute atomic E-state index is 3.48. The van der Waals surface area contributed by atoms with Crippen LogP contribution in [0.25, 0.3) is 0 Å². The molecule has 1 aliphatic heterocycles. The molecule has 0 amide bonds. The van der Waals surface area contributed by atoms with Crippen LogP contribution < -0.4 is 5.32 Å². The lowest BCUT2D eigenvalue weighted by Crippen LogP contribution is -2.39. The minimum absolute atomic E-state index is 0.920. The van der Waals surface area contributed by atoms with Crippen LogP contribution in [0.4, 0.5) is 0 Å². The molecule has 2 rings (SSSR count). The van der Waals surface area contributed by atoms with Gasteiger partial charge in [0, 0.05) is 6.04 Å². The largest absolute Gasteiger partial charge is 0.317 e. The second-order valence-electron chi connectivity index (χ2n) is 5.07. The maximum Gasteiger partial charge on any atom is 0.00979 e. The zero-order valence-electron chi connectivity index (χ0n) is 9.47. The maximum atomic E-state index is 3.48. The third-order valence-corrected chi connectivity index (χ3v) is 3.78. The summed E-state index contributed by atoms with van der Waals surface area (Å²) in [6, 6.07) is 0.920. The van der Waals surface area contributed by atoms with E-state index in [4.69, 9.17) is 0 Å². The lowest BCUT2D eigenvalue weighted by Gasteiger charge is -2.30. The zero-order valence-corrected chi connectivity index (χ0v) is 9.47. The molecule has 82 valence electrons. The molecule has 0 radical (unpaired) electrons. The van der Waals surface area contributed by atoms with Crippen LogP contribution in [0.5, 0.6) is 0 Å². The van der Waals surface area contributed by atoms with E-state index in [2.05, 4.69) is 17.1 Å². The van der Waals surface area contributed by atoms with Crippen molar-refractivity contribution in [2.45, 2.75) is 45.1 Å². The van der Waals surface area contributed by atoms with Gasteiger partial charge >= 0.3 is 0 Å². The molecule has 2 aliphatic rings. The Morgan fingerprint density at radius 2 is 1.79 bits per heavy atom. The molecule has 0 aromatic rings. The summed E-state index contributed by atoms with van der Waals surface area (Å²) in [6.45, 7) is 7.50.